The van der Waals surface area contributed by atoms with Crippen LogP contribution in [0.5, 0.6) is 17.4 Å². The molecule has 0 spiro atoms. The van der Waals surface area contributed by atoms with Crippen LogP contribution in [-0.4, -0.2) is 37.6 Å². The van der Waals surface area contributed by atoms with Crippen LogP contribution in [-0.2, 0) is 0 Å². The van der Waals surface area contributed by atoms with Crippen LogP contribution in [0.2, 0.25) is 0 Å². The molecule has 2 aromatic carbocycles. The highest BCUT2D eigenvalue weighted by atomic mass is 16.5. The van der Waals surface area contributed by atoms with Gasteiger partial charge in [0, 0.05) is 23.9 Å². The van der Waals surface area contributed by atoms with E-state index in [2.05, 4.69) is 15.6 Å². The SMILES string of the molecule is CCOc1ncccc1C(=O)Nc1cc(OC)c(NC(=O)c2ccccc2)cc1OC. The number of anilines is 2. The number of rotatable bonds is 8. The Morgan fingerprint density at radius 3 is 2.06 bits per heavy atom. The fourth-order valence-electron chi connectivity index (χ4n) is 2.88. The summed E-state index contributed by atoms with van der Waals surface area (Å²) in [5, 5.41) is 5.59. The van der Waals surface area contributed by atoms with Gasteiger partial charge in [0.05, 0.1) is 32.2 Å². The van der Waals surface area contributed by atoms with E-state index in [-0.39, 0.29) is 17.4 Å². The van der Waals surface area contributed by atoms with E-state index in [1.807, 2.05) is 13.0 Å². The van der Waals surface area contributed by atoms with Gasteiger partial charge >= 0.3 is 0 Å². The number of carbonyl (C=O) groups is 2. The monoisotopic (exact) mass is 421 g/mol. The van der Waals surface area contributed by atoms with E-state index in [1.54, 1.807) is 54.7 Å². The van der Waals surface area contributed by atoms with E-state index in [1.165, 1.54) is 14.2 Å². The predicted molar refractivity (Wildman–Crippen MR) is 117 cm³/mol. The van der Waals surface area contributed by atoms with Crippen molar-refractivity contribution in [2.24, 2.45) is 0 Å². The first-order valence-corrected chi connectivity index (χ1v) is 9.59. The van der Waals surface area contributed by atoms with Gasteiger partial charge in [-0.1, -0.05) is 18.2 Å². The van der Waals surface area contributed by atoms with Crippen LogP contribution in [0.3, 0.4) is 0 Å². The minimum Gasteiger partial charge on any atom is -0.494 e. The van der Waals surface area contributed by atoms with Crippen LogP contribution >= 0.6 is 0 Å². The lowest BCUT2D eigenvalue weighted by Gasteiger charge is -2.16. The van der Waals surface area contributed by atoms with Crippen molar-refractivity contribution >= 4 is 23.2 Å². The number of nitrogens with one attached hydrogen (secondary N) is 2. The van der Waals surface area contributed by atoms with Crippen LogP contribution in [0.25, 0.3) is 0 Å². The summed E-state index contributed by atoms with van der Waals surface area (Å²) >= 11 is 0. The molecular weight excluding hydrogens is 398 g/mol. The van der Waals surface area contributed by atoms with Gasteiger partial charge in [-0.3, -0.25) is 9.59 Å². The molecule has 0 aliphatic heterocycles. The molecule has 0 aliphatic rings. The van der Waals surface area contributed by atoms with E-state index in [4.69, 9.17) is 14.2 Å². The maximum absolute atomic E-state index is 12.8. The highest BCUT2D eigenvalue weighted by Crippen LogP contribution is 2.37. The van der Waals surface area contributed by atoms with Crippen molar-refractivity contribution in [1.82, 2.24) is 4.98 Å². The van der Waals surface area contributed by atoms with Crippen molar-refractivity contribution in [1.29, 1.82) is 0 Å². The van der Waals surface area contributed by atoms with Crippen molar-refractivity contribution in [3.63, 3.8) is 0 Å². The fourth-order valence-corrected chi connectivity index (χ4v) is 2.88. The summed E-state index contributed by atoms with van der Waals surface area (Å²) in [6.45, 7) is 2.19. The molecule has 1 heterocycles. The van der Waals surface area contributed by atoms with Gasteiger partial charge in [0.25, 0.3) is 11.8 Å². The van der Waals surface area contributed by atoms with Gasteiger partial charge in [-0.2, -0.15) is 0 Å². The van der Waals surface area contributed by atoms with Crippen molar-refractivity contribution in [3.05, 3.63) is 71.9 Å². The summed E-state index contributed by atoms with van der Waals surface area (Å²) in [7, 11) is 2.94. The molecule has 2 amide bonds. The lowest BCUT2D eigenvalue weighted by atomic mass is 10.2. The van der Waals surface area contributed by atoms with Crippen molar-refractivity contribution < 1.29 is 23.8 Å². The predicted octanol–water partition coefficient (Wildman–Crippen LogP) is 4.00. The lowest BCUT2D eigenvalue weighted by Crippen LogP contribution is -2.16. The standard InChI is InChI=1S/C23H23N3O5/c1-4-31-23-16(11-8-12-24-23)22(28)26-18-14-19(29-2)17(13-20(18)30-3)25-21(27)15-9-6-5-7-10-15/h5-14H,4H2,1-3H3,(H,25,27)(H,26,28). The summed E-state index contributed by atoms with van der Waals surface area (Å²) < 4.78 is 16.3. The second kappa shape index (κ2) is 10.1. The molecule has 160 valence electrons. The Morgan fingerprint density at radius 1 is 0.871 bits per heavy atom. The smallest absolute Gasteiger partial charge is 0.261 e. The molecular formula is C23H23N3O5. The molecule has 3 rings (SSSR count). The number of aromatic nitrogens is 1. The van der Waals surface area contributed by atoms with Gasteiger partial charge in [0.15, 0.2) is 0 Å². The van der Waals surface area contributed by atoms with Crippen molar-refractivity contribution in [3.8, 4) is 17.4 Å². The zero-order valence-electron chi connectivity index (χ0n) is 17.5. The Hall–Kier alpha value is -4.07. The van der Waals surface area contributed by atoms with Crippen LogP contribution in [0, 0.1) is 0 Å². The molecule has 0 atom stereocenters. The maximum Gasteiger partial charge on any atom is 0.261 e. The number of carbonyl (C=O) groups excluding carboxylic acids is 2. The number of ether oxygens (including phenoxy) is 3. The van der Waals surface area contributed by atoms with Gasteiger partial charge in [0.1, 0.15) is 17.1 Å². The third-order valence-electron chi connectivity index (χ3n) is 4.35. The highest BCUT2D eigenvalue weighted by Gasteiger charge is 2.19. The first-order valence-electron chi connectivity index (χ1n) is 9.59. The minimum absolute atomic E-state index is 0.236. The van der Waals surface area contributed by atoms with Gasteiger partial charge < -0.3 is 24.8 Å². The number of hydrogen-bond donors (Lipinski definition) is 2. The number of amides is 2. The van der Waals surface area contributed by atoms with E-state index in [0.29, 0.717) is 35.0 Å². The molecule has 0 fully saturated rings. The molecule has 8 heteroatoms. The Balaban J connectivity index is 1.88. The Labute approximate surface area is 180 Å². The van der Waals surface area contributed by atoms with Gasteiger partial charge in [0.2, 0.25) is 5.88 Å². The first kappa shape index (κ1) is 21.6. The lowest BCUT2D eigenvalue weighted by molar-refractivity contribution is 0.101. The topological polar surface area (TPSA) is 98.8 Å². The van der Waals surface area contributed by atoms with Gasteiger partial charge in [-0.25, -0.2) is 4.98 Å². The number of nitrogens with zero attached hydrogens (tertiary/aromatic N) is 1. The third-order valence-corrected chi connectivity index (χ3v) is 4.35. The van der Waals surface area contributed by atoms with E-state index >= 15 is 0 Å². The van der Waals surface area contributed by atoms with Crippen molar-refractivity contribution in [2.45, 2.75) is 6.92 Å². The summed E-state index contributed by atoms with van der Waals surface area (Å²) in [5.41, 5.74) is 1.56. The second-order valence-electron chi connectivity index (χ2n) is 6.32. The van der Waals surface area contributed by atoms with Crippen molar-refractivity contribution in [2.75, 3.05) is 31.5 Å². The molecule has 8 nitrogen and oxygen atoms in total. The molecule has 31 heavy (non-hydrogen) atoms. The zero-order valence-corrected chi connectivity index (χ0v) is 17.5. The summed E-state index contributed by atoms with van der Waals surface area (Å²) in [6.07, 6.45) is 1.55. The van der Waals surface area contributed by atoms with Crippen LogP contribution in [0.15, 0.2) is 60.8 Å². The van der Waals surface area contributed by atoms with E-state index in [9.17, 15) is 9.59 Å². The minimum atomic E-state index is -0.419. The molecule has 3 aromatic rings. The Bertz CT molecular complexity index is 1070. The van der Waals surface area contributed by atoms with E-state index in [0.717, 1.165) is 0 Å². The summed E-state index contributed by atoms with van der Waals surface area (Å²) in [4.78, 5) is 29.5. The average Bonchev–Trinajstić information content (AvgIpc) is 2.80. The Kier molecular flexibility index (Phi) is 7.05. The first-order chi connectivity index (χ1) is 15.1. The molecule has 0 saturated heterocycles. The molecule has 2 N–H and O–H groups in total. The van der Waals surface area contributed by atoms with Gasteiger partial charge in [-0.15, -0.1) is 0 Å². The van der Waals surface area contributed by atoms with Crippen LogP contribution < -0.4 is 24.8 Å². The number of methoxy groups -OCH3 is 2. The Morgan fingerprint density at radius 2 is 1.48 bits per heavy atom. The molecule has 0 aliphatic carbocycles. The largest absolute Gasteiger partial charge is 0.494 e. The normalized spacial score (nSPS) is 10.2. The maximum atomic E-state index is 12.8. The summed E-state index contributed by atoms with van der Waals surface area (Å²) in [5.74, 6) is 0.226. The molecule has 1 aromatic heterocycles. The number of hydrogen-bond acceptors (Lipinski definition) is 6. The molecule has 0 unspecified atom stereocenters. The molecule has 0 bridgehead atoms. The second-order valence-corrected chi connectivity index (χ2v) is 6.32. The molecule has 0 radical (unpaired) electrons. The zero-order chi connectivity index (χ0) is 22.2. The summed E-state index contributed by atoms with van der Waals surface area (Å²) in [6, 6.07) is 15.2. The van der Waals surface area contributed by atoms with Gasteiger partial charge in [-0.05, 0) is 31.2 Å². The number of pyridine rings is 1. The van der Waals surface area contributed by atoms with E-state index < -0.39 is 5.91 Å². The third kappa shape index (κ3) is 5.11. The fraction of sp³-hybridized carbons (Fsp3) is 0.174. The highest BCUT2D eigenvalue weighted by molar-refractivity contribution is 6.08. The average molecular weight is 421 g/mol. The molecule has 0 saturated carbocycles. The quantitative estimate of drug-likeness (QED) is 0.570. The number of benzene rings is 2. The van der Waals surface area contributed by atoms with Crippen LogP contribution in [0.4, 0.5) is 11.4 Å². The van der Waals surface area contributed by atoms with Crippen LogP contribution in [0.1, 0.15) is 27.6 Å².